The molecule has 0 aliphatic heterocycles. The van der Waals surface area contributed by atoms with Gasteiger partial charge in [-0.1, -0.05) is 17.7 Å². The maximum absolute atomic E-state index is 13.5. The molecule has 0 saturated carbocycles. The first-order valence-electron chi connectivity index (χ1n) is 6.19. The zero-order valence-electron chi connectivity index (χ0n) is 11.3. The van der Waals surface area contributed by atoms with Crippen LogP contribution < -0.4 is 15.8 Å². The van der Waals surface area contributed by atoms with Crippen LogP contribution in [0.4, 0.5) is 15.8 Å². The van der Waals surface area contributed by atoms with Gasteiger partial charge >= 0.3 is 0 Å². The molecule has 2 rings (SSSR count). The molecule has 0 radical (unpaired) electrons. The zero-order chi connectivity index (χ0) is 15.4. The largest absolute Gasteiger partial charge is 0.481 e. The number of benzene rings is 2. The number of carbonyl (C=O) groups is 1. The number of amides is 1. The van der Waals surface area contributed by atoms with E-state index in [9.17, 15) is 9.18 Å². The van der Waals surface area contributed by atoms with Crippen molar-refractivity contribution in [2.45, 2.75) is 6.92 Å². The molecule has 0 fully saturated rings. The van der Waals surface area contributed by atoms with Crippen LogP contribution >= 0.6 is 11.6 Å². The molecule has 2 aromatic carbocycles. The highest BCUT2D eigenvalue weighted by atomic mass is 35.5. The van der Waals surface area contributed by atoms with Gasteiger partial charge < -0.3 is 15.8 Å². The quantitative estimate of drug-likeness (QED) is 0.851. The molecule has 0 saturated heterocycles. The number of aryl methyl sites for hydroxylation is 1. The lowest BCUT2D eigenvalue weighted by molar-refractivity contribution is -0.118. The van der Waals surface area contributed by atoms with Crippen molar-refractivity contribution in [3.05, 3.63) is 52.8 Å². The third kappa shape index (κ3) is 4.10. The molecule has 0 aliphatic carbocycles. The summed E-state index contributed by atoms with van der Waals surface area (Å²) in [5, 5.41) is 3.00. The van der Waals surface area contributed by atoms with Crippen molar-refractivity contribution in [1.82, 2.24) is 0 Å². The summed E-state index contributed by atoms with van der Waals surface area (Å²) in [6, 6.07) is 9.18. The predicted molar refractivity (Wildman–Crippen MR) is 81.1 cm³/mol. The molecule has 1 amide bonds. The van der Waals surface area contributed by atoms with Gasteiger partial charge in [0.1, 0.15) is 0 Å². The van der Waals surface area contributed by atoms with Crippen LogP contribution in [-0.4, -0.2) is 12.5 Å². The number of nitrogen functional groups attached to an aromatic ring is 1. The molecule has 3 N–H and O–H groups in total. The Balaban J connectivity index is 1.95. The van der Waals surface area contributed by atoms with Crippen molar-refractivity contribution < 1.29 is 13.9 Å². The van der Waals surface area contributed by atoms with Gasteiger partial charge in [0, 0.05) is 5.69 Å². The minimum atomic E-state index is -0.510. The maximum atomic E-state index is 13.5. The molecule has 110 valence electrons. The summed E-state index contributed by atoms with van der Waals surface area (Å²) in [6.45, 7) is 1.51. The molecule has 0 bridgehead atoms. The summed E-state index contributed by atoms with van der Waals surface area (Å²) < 4.78 is 18.6. The molecule has 0 aliphatic rings. The van der Waals surface area contributed by atoms with E-state index in [-0.39, 0.29) is 12.4 Å². The third-order valence-corrected chi connectivity index (χ3v) is 3.07. The minimum absolute atomic E-state index is 0.0424. The number of nitrogens with one attached hydrogen (secondary N) is 1. The molecule has 0 spiro atoms. The Morgan fingerprint density at radius 1 is 1.33 bits per heavy atom. The van der Waals surface area contributed by atoms with Crippen LogP contribution in [0.25, 0.3) is 0 Å². The first kappa shape index (κ1) is 15.1. The van der Waals surface area contributed by atoms with E-state index in [2.05, 4.69) is 5.32 Å². The fraction of sp³-hybridized carbons (Fsp3) is 0.133. The Bertz CT molecular complexity index is 677. The summed E-state index contributed by atoms with van der Waals surface area (Å²) in [5.41, 5.74) is 7.34. The van der Waals surface area contributed by atoms with Crippen molar-refractivity contribution in [2.24, 2.45) is 0 Å². The number of anilines is 2. The monoisotopic (exact) mass is 308 g/mol. The van der Waals surface area contributed by atoms with Crippen LogP contribution in [0.5, 0.6) is 5.75 Å². The summed E-state index contributed by atoms with van der Waals surface area (Å²) >= 11 is 5.79. The molecule has 0 heterocycles. The molecule has 21 heavy (non-hydrogen) atoms. The number of hydrogen-bond acceptors (Lipinski definition) is 3. The van der Waals surface area contributed by atoms with Crippen LogP contribution in [0.3, 0.4) is 0 Å². The minimum Gasteiger partial charge on any atom is -0.481 e. The fourth-order valence-corrected chi connectivity index (χ4v) is 1.80. The summed E-state index contributed by atoms with van der Waals surface area (Å²) in [7, 11) is 0. The average Bonchev–Trinajstić information content (AvgIpc) is 2.44. The lowest BCUT2D eigenvalue weighted by atomic mass is 10.2. The van der Waals surface area contributed by atoms with Gasteiger partial charge in [-0.05, 0) is 42.8 Å². The Hall–Kier alpha value is -2.27. The SMILES string of the molecule is Cc1ccc(F)c(OCC(=O)Nc2ccc(Cl)c(N)c2)c1. The fourth-order valence-electron chi connectivity index (χ4n) is 1.68. The highest BCUT2D eigenvalue weighted by Crippen LogP contribution is 2.22. The second kappa shape index (κ2) is 6.45. The van der Waals surface area contributed by atoms with E-state index in [1.165, 1.54) is 18.2 Å². The van der Waals surface area contributed by atoms with Gasteiger partial charge in [0.15, 0.2) is 18.2 Å². The summed E-state index contributed by atoms with van der Waals surface area (Å²) in [5.74, 6) is -0.887. The van der Waals surface area contributed by atoms with Gasteiger partial charge in [-0.25, -0.2) is 4.39 Å². The van der Waals surface area contributed by atoms with Crippen molar-refractivity contribution in [3.63, 3.8) is 0 Å². The van der Waals surface area contributed by atoms with E-state index in [1.54, 1.807) is 18.2 Å². The topological polar surface area (TPSA) is 64.3 Å². The van der Waals surface area contributed by atoms with Gasteiger partial charge in [-0.15, -0.1) is 0 Å². The van der Waals surface area contributed by atoms with Crippen molar-refractivity contribution in [3.8, 4) is 5.75 Å². The second-order valence-electron chi connectivity index (χ2n) is 4.51. The maximum Gasteiger partial charge on any atom is 0.262 e. The normalized spacial score (nSPS) is 10.2. The molecule has 0 atom stereocenters. The van der Waals surface area contributed by atoms with Crippen LogP contribution in [0.15, 0.2) is 36.4 Å². The smallest absolute Gasteiger partial charge is 0.262 e. The Morgan fingerprint density at radius 2 is 2.10 bits per heavy atom. The first-order valence-corrected chi connectivity index (χ1v) is 6.57. The number of hydrogen-bond donors (Lipinski definition) is 2. The molecule has 0 aromatic heterocycles. The average molecular weight is 309 g/mol. The number of ether oxygens (including phenoxy) is 1. The van der Waals surface area contributed by atoms with Crippen LogP contribution in [0, 0.1) is 12.7 Å². The number of carbonyl (C=O) groups excluding carboxylic acids is 1. The van der Waals surface area contributed by atoms with E-state index >= 15 is 0 Å². The second-order valence-corrected chi connectivity index (χ2v) is 4.91. The molecular formula is C15H14ClFN2O2. The predicted octanol–water partition coefficient (Wildman–Crippen LogP) is 3.39. The number of rotatable bonds is 4. The van der Waals surface area contributed by atoms with Crippen LogP contribution in [0.1, 0.15) is 5.56 Å². The van der Waals surface area contributed by atoms with E-state index < -0.39 is 11.7 Å². The van der Waals surface area contributed by atoms with E-state index in [0.29, 0.717) is 16.4 Å². The van der Waals surface area contributed by atoms with Gasteiger partial charge in [0.2, 0.25) is 0 Å². The number of nitrogens with two attached hydrogens (primary N) is 1. The zero-order valence-corrected chi connectivity index (χ0v) is 12.1. The first-order chi connectivity index (χ1) is 9.95. The highest BCUT2D eigenvalue weighted by molar-refractivity contribution is 6.33. The summed E-state index contributed by atoms with van der Waals surface area (Å²) in [6.07, 6.45) is 0. The van der Waals surface area contributed by atoms with E-state index in [4.69, 9.17) is 22.1 Å². The van der Waals surface area contributed by atoms with Crippen LogP contribution in [-0.2, 0) is 4.79 Å². The lowest BCUT2D eigenvalue weighted by Gasteiger charge is -2.09. The van der Waals surface area contributed by atoms with Crippen molar-refractivity contribution >= 4 is 28.9 Å². The van der Waals surface area contributed by atoms with E-state index in [1.807, 2.05) is 6.92 Å². The number of halogens is 2. The Morgan fingerprint density at radius 3 is 2.81 bits per heavy atom. The van der Waals surface area contributed by atoms with Gasteiger partial charge in [-0.3, -0.25) is 4.79 Å². The standard InChI is InChI=1S/C15H14ClFN2O2/c1-9-2-5-12(17)14(6-9)21-8-15(20)19-10-3-4-11(16)13(18)7-10/h2-7H,8,18H2,1H3,(H,19,20). The molecule has 6 heteroatoms. The van der Waals surface area contributed by atoms with Gasteiger partial charge in [-0.2, -0.15) is 0 Å². The molecule has 4 nitrogen and oxygen atoms in total. The van der Waals surface area contributed by atoms with Gasteiger partial charge in [0.25, 0.3) is 5.91 Å². The molecule has 0 unspecified atom stereocenters. The van der Waals surface area contributed by atoms with Crippen LogP contribution in [0.2, 0.25) is 5.02 Å². The lowest BCUT2D eigenvalue weighted by Crippen LogP contribution is -2.20. The van der Waals surface area contributed by atoms with E-state index in [0.717, 1.165) is 5.56 Å². The van der Waals surface area contributed by atoms with Gasteiger partial charge in [0.05, 0.1) is 10.7 Å². The van der Waals surface area contributed by atoms with Crippen molar-refractivity contribution in [2.75, 3.05) is 17.7 Å². The molecule has 2 aromatic rings. The summed E-state index contributed by atoms with van der Waals surface area (Å²) in [4.78, 5) is 11.7. The Kier molecular flexibility index (Phi) is 4.65. The highest BCUT2D eigenvalue weighted by Gasteiger charge is 2.08. The van der Waals surface area contributed by atoms with Crippen molar-refractivity contribution in [1.29, 1.82) is 0 Å². The third-order valence-electron chi connectivity index (χ3n) is 2.73. The molecular weight excluding hydrogens is 295 g/mol. The Labute approximate surface area is 126 Å².